The van der Waals surface area contributed by atoms with Crippen molar-refractivity contribution in [1.29, 1.82) is 0 Å². The van der Waals surface area contributed by atoms with Gasteiger partial charge in [0.15, 0.2) is 0 Å². The molecule has 0 aromatic heterocycles. The fourth-order valence-corrected chi connectivity index (χ4v) is 3.23. The van der Waals surface area contributed by atoms with Crippen molar-refractivity contribution in [3.63, 3.8) is 0 Å². The molecule has 1 N–H and O–H groups in total. The van der Waals surface area contributed by atoms with Crippen LogP contribution in [-0.4, -0.2) is 22.9 Å². The molecule has 1 aliphatic heterocycles. The van der Waals surface area contributed by atoms with Gasteiger partial charge in [0.05, 0.1) is 6.04 Å². The highest BCUT2D eigenvalue weighted by molar-refractivity contribution is 6.04. The van der Waals surface area contributed by atoms with Crippen LogP contribution in [0.5, 0.6) is 0 Å². The second kappa shape index (κ2) is 4.58. The zero-order valence-electron chi connectivity index (χ0n) is 11.5. The summed E-state index contributed by atoms with van der Waals surface area (Å²) in [6.45, 7) is 3.67. The maximum atomic E-state index is 13.9. The topological polar surface area (TPSA) is 49.4 Å². The predicted octanol–water partition coefficient (Wildman–Crippen LogP) is 2.39. The van der Waals surface area contributed by atoms with E-state index in [1.807, 2.05) is 13.0 Å². The van der Waals surface area contributed by atoms with E-state index < -0.39 is 6.04 Å². The van der Waals surface area contributed by atoms with Gasteiger partial charge in [0, 0.05) is 0 Å². The van der Waals surface area contributed by atoms with Gasteiger partial charge in [-0.3, -0.25) is 9.69 Å². The molecule has 20 heavy (non-hydrogen) atoms. The third-order valence-corrected chi connectivity index (χ3v) is 4.31. The first-order valence-electron chi connectivity index (χ1n) is 6.91. The molecule has 4 nitrogen and oxygen atoms in total. The molecule has 0 bridgehead atoms. The molecule has 3 atom stereocenters. The molecule has 0 spiro atoms. The normalized spacial score (nSPS) is 29.4. The summed E-state index contributed by atoms with van der Waals surface area (Å²) in [6, 6.07) is 3.64. The quantitative estimate of drug-likeness (QED) is 0.801. The number of fused-ring (bicyclic) bond motifs is 1. The van der Waals surface area contributed by atoms with Crippen LogP contribution in [0.15, 0.2) is 18.2 Å². The van der Waals surface area contributed by atoms with Crippen LogP contribution in [0.1, 0.15) is 37.4 Å². The Morgan fingerprint density at radius 3 is 2.70 bits per heavy atom. The Morgan fingerprint density at radius 2 is 2.05 bits per heavy atom. The Balaban J connectivity index is 2.08. The van der Waals surface area contributed by atoms with E-state index in [2.05, 4.69) is 5.32 Å². The average Bonchev–Trinajstić information content (AvgIpc) is 2.65. The zero-order chi connectivity index (χ0) is 14.4. The summed E-state index contributed by atoms with van der Waals surface area (Å²) >= 11 is 0. The standard InChI is InChI=1S/C15H17FN2O2/c1-8-6-7-10-11(4-3-5-12(10)16)13(8)18-14(19)9(2)17-15(18)20/h3-5,8-9,13H,6-7H2,1-2H3,(H,17,20). The highest BCUT2D eigenvalue weighted by atomic mass is 19.1. The first-order valence-corrected chi connectivity index (χ1v) is 6.91. The lowest BCUT2D eigenvalue weighted by Crippen LogP contribution is -2.40. The minimum absolute atomic E-state index is 0.129. The lowest BCUT2D eigenvalue weighted by atomic mass is 9.79. The average molecular weight is 276 g/mol. The number of urea groups is 1. The zero-order valence-corrected chi connectivity index (χ0v) is 11.5. The molecule has 1 aliphatic carbocycles. The Morgan fingerprint density at radius 1 is 1.30 bits per heavy atom. The number of halogens is 1. The summed E-state index contributed by atoms with van der Waals surface area (Å²) in [5.74, 6) is -0.354. The van der Waals surface area contributed by atoms with Crippen LogP contribution >= 0.6 is 0 Å². The summed E-state index contributed by atoms with van der Waals surface area (Å²) in [5, 5.41) is 2.62. The van der Waals surface area contributed by atoms with Gasteiger partial charge in [0.25, 0.3) is 5.91 Å². The lowest BCUT2D eigenvalue weighted by molar-refractivity contribution is -0.129. The van der Waals surface area contributed by atoms with Crippen LogP contribution < -0.4 is 5.32 Å². The van der Waals surface area contributed by atoms with Gasteiger partial charge >= 0.3 is 6.03 Å². The molecular weight excluding hydrogens is 259 g/mol. The van der Waals surface area contributed by atoms with Gasteiger partial charge in [0.2, 0.25) is 0 Å². The van der Waals surface area contributed by atoms with Crippen molar-refractivity contribution in [2.45, 2.75) is 38.8 Å². The van der Waals surface area contributed by atoms with Gasteiger partial charge in [0.1, 0.15) is 11.9 Å². The maximum absolute atomic E-state index is 13.9. The molecule has 106 valence electrons. The SMILES string of the molecule is CC1NC(=O)N(C2c3cccc(F)c3CCC2C)C1=O. The first kappa shape index (κ1) is 13.1. The number of nitrogens with zero attached hydrogens (tertiary/aromatic N) is 1. The van der Waals surface area contributed by atoms with Gasteiger partial charge in [-0.2, -0.15) is 0 Å². The van der Waals surface area contributed by atoms with E-state index in [1.54, 1.807) is 13.0 Å². The third kappa shape index (κ3) is 1.80. The number of imide groups is 1. The number of rotatable bonds is 1. The van der Waals surface area contributed by atoms with Gasteiger partial charge in [-0.15, -0.1) is 0 Å². The largest absolute Gasteiger partial charge is 0.326 e. The Hall–Kier alpha value is -1.91. The van der Waals surface area contributed by atoms with Crippen LogP contribution in [0.3, 0.4) is 0 Å². The molecule has 2 aliphatic rings. The van der Waals surface area contributed by atoms with E-state index in [-0.39, 0.29) is 29.7 Å². The molecule has 3 rings (SSSR count). The summed E-state index contributed by atoms with van der Waals surface area (Å²) in [5.41, 5.74) is 1.40. The van der Waals surface area contributed by atoms with Gasteiger partial charge in [-0.25, -0.2) is 9.18 Å². The van der Waals surface area contributed by atoms with Crippen molar-refractivity contribution < 1.29 is 14.0 Å². The van der Waals surface area contributed by atoms with Crippen molar-refractivity contribution in [3.8, 4) is 0 Å². The minimum Gasteiger partial charge on any atom is -0.326 e. The fraction of sp³-hybridized carbons (Fsp3) is 0.467. The summed E-state index contributed by atoms with van der Waals surface area (Å²) in [7, 11) is 0. The van der Waals surface area contributed by atoms with Crippen LogP contribution in [-0.2, 0) is 11.2 Å². The molecule has 1 saturated heterocycles. The van der Waals surface area contributed by atoms with Gasteiger partial charge in [-0.1, -0.05) is 19.1 Å². The molecule has 1 aromatic rings. The number of hydrogen-bond acceptors (Lipinski definition) is 2. The van der Waals surface area contributed by atoms with Crippen molar-refractivity contribution >= 4 is 11.9 Å². The van der Waals surface area contributed by atoms with Gasteiger partial charge < -0.3 is 5.32 Å². The number of benzene rings is 1. The molecule has 1 fully saturated rings. The molecular formula is C15H17FN2O2. The second-order valence-electron chi connectivity index (χ2n) is 5.65. The van der Waals surface area contributed by atoms with Crippen molar-refractivity contribution in [3.05, 3.63) is 35.1 Å². The van der Waals surface area contributed by atoms with E-state index in [4.69, 9.17) is 0 Å². The third-order valence-electron chi connectivity index (χ3n) is 4.31. The van der Waals surface area contributed by atoms with Crippen LogP contribution in [0.2, 0.25) is 0 Å². The van der Waals surface area contributed by atoms with Gasteiger partial charge in [-0.05, 0) is 42.9 Å². The minimum atomic E-state index is -0.506. The van der Waals surface area contributed by atoms with E-state index in [0.717, 1.165) is 12.0 Å². The van der Waals surface area contributed by atoms with E-state index >= 15 is 0 Å². The van der Waals surface area contributed by atoms with E-state index in [9.17, 15) is 14.0 Å². The van der Waals surface area contributed by atoms with Crippen molar-refractivity contribution in [2.24, 2.45) is 5.92 Å². The fourth-order valence-electron chi connectivity index (χ4n) is 3.23. The molecule has 1 heterocycles. The molecule has 0 radical (unpaired) electrons. The molecule has 3 unspecified atom stereocenters. The van der Waals surface area contributed by atoms with Crippen LogP contribution in [0, 0.1) is 11.7 Å². The van der Waals surface area contributed by atoms with Crippen LogP contribution in [0.4, 0.5) is 9.18 Å². The Labute approximate surface area is 117 Å². The summed E-state index contributed by atoms with van der Waals surface area (Å²) in [4.78, 5) is 25.5. The Bertz CT molecular complexity index is 587. The smallest absolute Gasteiger partial charge is 0.325 e. The van der Waals surface area contributed by atoms with E-state index in [0.29, 0.717) is 12.0 Å². The predicted molar refractivity (Wildman–Crippen MR) is 71.5 cm³/mol. The summed E-state index contributed by atoms with van der Waals surface area (Å²) < 4.78 is 13.9. The lowest BCUT2D eigenvalue weighted by Gasteiger charge is -2.36. The van der Waals surface area contributed by atoms with Crippen molar-refractivity contribution in [2.75, 3.05) is 0 Å². The first-order chi connectivity index (χ1) is 9.50. The monoisotopic (exact) mass is 276 g/mol. The number of carbonyl (C=O) groups is 2. The molecule has 0 saturated carbocycles. The Kier molecular flexibility index (Phi) is 3.00. The second-order valence-corrected chi connectivity index (χ2v) is 5.65. The molecule has 3 amide bonds. The van der Waals surface area contributed by atoms with Crippen LogP contribution in [0.25, 0.3) is 0 Å². The summed E-state index contributed by atoms with van der Waals surface area (Å²) in [6.07, 6.45) is 1.42. The number of nitrogens with one attached hydrogen (secondary N) is 1. The highest BCUT2D eigenvalue weighted by Crippen LogP contribution is 2.40. The van der Waals surface area contributed by atoms with E-state index in [1.165, 1.54) is 11.0 Å². The molecule has 1 aromatic carbocycles. The molecule has 5 heteroatoms. The number of hydrogen-bond donors (Lipinski definition) is 1. The van der Waals surface area contributed by atoms with Crippen molar-refractivity contribution in [1.82, 2.24) is 10.2 Å². The highest BCUT2D eigenvalue weighted by Gasteiger charge is 2.44. The maximum Gasteiger partial charge on any atom is 0.325 e. The number of amides is 3. The number of carbonyl (C=O) groups excluding carboxylic acids is 2.